The van der Waals surface area contributed by atoms with Crippen molar-refractivity contribution in [2.75, 3.05) is 29.7 Å². The van der Waals surface area contributed by atoms with Crippen molar-refractivity contribution >= 4 is 23.4 Å². The number of fused-ring (bicyclic) bond motifs is 1. The first-order chi connectivity index (χ1) is 15.8. The minimum atomic E-state index is -0.691. The molecular formula is C22H25FN8O2. The smallest absolute Gasteiger partial charge is 0.255 e. The van der Waals surface area contributed by atoms with E-state index >= 15 is 0 Å². The number of amides is 1. The Bertz CT molecular complexity index is 1230. The van der Waals surface area contributed by atoms with Crippen LogP contribution in [0.25, 0.3) is 0 Å². The van der Waals surface area contributed by atoms with Crippen molar-refractivity contribution in [3.05, 3.63) is 65.3 Å². The number of likely N-dealkylation sites (N-methyl/N-ethyl adjacent to an activating group) is 1. The van der Waals surface area contributed by atoms with Gasteiger partial charge in [0.05, 0.1) is 31.2 Å². The molecule has 172 valence electrons. The maximum absolute atomic E-state index is 13.7. The summed E-state index contributed by atoms with van der Waals surface area (Å²) in [6, 6.07) is 0.774. The molecule has 1 aliphatic rings. The number of hydrogen-bond acceptors (Lipinski definition) is 8. The Balaban J connectivity index is 1.47. The molecule has 0 saturated heterocycles. The predicted molar refractivity (Wildman–Crippen MR) is 121 cm³/mol. The van der Waals surface area contributed by atoms with E-state index in [0.717, 1.165) is 11.1 Å². The van der Waals surface area contributed by atoms with Gasteiger partial charge in [0.15, 0.2) is 11.9 Å². The number of nitrogens with zero attached hydrogens (tertiary/aromatic N) is 6. The van der Waals surface area contributed by atoms with E-state index < -0.39 is 6.04 Å². The number of aromatic nitrogens is 5. The zero-order chi connectivity index (χ0) is 23.7. The second kappa shape index (κ2) is 8.85. The number of anilines is 3. The van der Waals surface area contributed by atoms with E-state index in [2.05, 4.69) is 37.3 Å². The number of pyridine rings is 1. The highest BCUT2D eigenvalue weighted by molar-refractivity contribution is 6.04. The number of halogens is 1. The zero-order valence-electron chi connectivity index (χ0n) is 18.9. The van der Waals surface area contributed by atoms with Crippen molar-refractivity contribution in [2.24, 2.45) is 0 Å². The minimum absolute atomic E-state index is 0.250. The second-order valence-corrected chi connectivity index (χ2v) is 7.81. The summed E-state index contributed by atoms with van der Waals surface area (Å²) in [6.45, 7) is 8.09. The number of ether oxygens (including phenoxy) is 1. The van der Waals surface area contributed by atoms with Crippen LogP contribution >= 0.6 is 0 Å². The zero-order valence-corrected chi connectivity index (χ0v) is 18.9. The molecular weight excluding hydrogens is 427 g/mol. The lowest BCUT2D eigenvalue weighted by molar-refractivity contribution is -0.117. The number of methoxy groups -OCH3 is 1. The molecule has 0 aliphatic carbocycles. The molecule has 0 unspecified atom stereocenters. The van der Waals surface area contributed by atoms with Crippen LogP contribution in [0.3, 0.4) is 0 Å². The lowest BCUT2D eigenvalue weighted by Crippen LogP contribution is -2.48. The summed E-state index contributed by atoms with van der Waals surface area (Å²) in [6.07, 6.45) is 5.23. The molecule has 0 fully saturated rings. The van der Waals surface area contributed by atoms with E-state index in [4.69, 9.17) is 4.74 Å². The average Bonchev–Trinajstić information content (AvgIpc) is 3.23. The summed E-state index contributed by atoms with van der Waals surface area (Å²) >= 11 is 0. The Labute approximate surface area is 190 Å². The normalized spacial score (nSPS) is 15.1. The largest absolute Gasteiger partial charge is 0.499 e. The van der Waals surface area contributed by atoms with Crippen LogP contribution in [0.4, 0.5) is 21.8 Å². The molecule has 0 bridgehead atoms. The summed E-state index contributed by atoms with van der Waals surface area (Å²) in [4.78, 5) is 27.3. The van der Waals surface area contributed by atoms with Gasteiger partial charge in [0, 0.05) is 31.5 Å². The fraction of sp³-hybridized carbons (Fsp3) is 0.318. The molecule has 2 N–H and O–H groups in total. The number of rotatable bonds is 7. The van der Waals surface area contributed by atoms with E-state index in [9.17, 15) is 9.18 Å². The Kier molecular flexibility index (Phi) is 5.95. The molecule has 33 heavy (non-hydrogen) atoms. The van der Waals surface area contributed by atoms with Gasteiger partial charge in [-0.2, -0.15) is 10.1 Å². The van der Waals surface area contributed by atoms with Crippen molar-refractivity contribution in [1.82, 2.24) is 24.7 Å². The van der Waals surface area contributed by atoms with Gasteiger partial charge in [0.2, 0.25) is 5.95 Å². The van der Waals surface area contributed by atoms with Crippen LogP contribution in [-0.4, -0.2) is 50.8 Å². The third-order valence-electron chi connectivity index (χ3n) is 5.42. The van der Waals surface area contributed by atoms with Crippen LogP contribution in [0, 0.1) is 19.7 Å². The van der Waals surface area contributed by atoms with Crippen molar-refractivity contribution < 1.29 is 13.9 Å². The van der Waals surface area contributed by atoms with Gasteiger partial charge in [0.1, 0.15) is 17.3 Å². The summed E-state index contributed by atoms with van der Waals surface area (Å²) in [5, 5.41) is 10.4. The van der Waals surface area contributed by atoms with Gasteiger partial charge in [-0.05, 0) is 25.5 Å². The van der Waals surface area contributed by atoms with Gasteiger partial charge in [-0.15, -0.1) is 0 Å². The average molecular weight is 452 g/mol. The van der Waals surface area contributed by atoms with Crippen molar-refractivity contribution in [1.29, 1.82) is 0 Å². The summed E-state index contributed by atoms with van der Waals surface area (Å²) in [5.41, 5.74) is 3.19. The van der Waals surface area contributed by atoms with Gasteiger partial charge < -0.3 is 20.3 Å². The summed E-state index contributed by atoms with van der Waals surface area (Å²) < 4.78 is 20.6. The molecule has 3 aromatic rings. The van der Waals surface area contributed by atoms with Crippen molar-refractivity contribution in [2.45, 2.75) is 33.0 Å². The Morgan fingerprint density at radius 3 is 2.79 bits per heavy atom. The van der Waals surface area contributed by atoms with Crippen LogP contribution in [0.15, 0.2) is 37.0 Å². The topological polar surface area (TPSA) is 110 Å². The van der Waals surface area contributed by atoms with Crippen LogP contribution in [0.1, 0.15) is 22.5 Å². The molecule has 11 heteroatoms. The van der Waals surface area contributed by atoms with Gasteiger partial charge in [-0.25, -0.2) is 9.37 Å². The molecule has 0 aromatic carbocycles. The molecule has 4 heterocycles. The summed E-state index contributed by atoms with van der Waals surface area (Å²) in [7, 11) is 3.23. The third-order valence-corrected chi connectivity index (χ3v) is 5.42. The van der Waals surface area contributed by atoms with Crippen molar-refractivity contribution in [3.8, 4) is 0 Å². The lowest BCUT2D eigenvalue weighted by atomic mass is 10.1. The molecule has 3 aromatic heterocycles. The Hall–Kier alpha value is -4.02. The number of nitrogens with one attached hydrogen (secondary N) is 2. The fourth-order valence-electron chi connectivity index (χ4n) is 3.59. The number of carbonyl (C=O) groups excluding carboxylic acids is 1. The van der Waals surface area contributed by atoms with E-state index in [-0.39, 0.29) is 11.7 Å². The molecule has 1 amide bonds. The number of hydrogen-bond donors (Lipinski definition) is 2. The Morgan fingerprint density at radius 1 is 1.27 bits per heavy atom. The van der Waals surface area contributed by atoms with E-state index in [1.807, 2.05) is 6.20 Å². The first-order valence-electron chi connectivity index (χ1n) is 10.3. The molecule has 0 radical (unpaired) electrons. The highest BCUT2D eigenvalue weighted by atomic mass is 19.1. The van der Waals surface area contributed by atoms with Crippen LogP contribution in [0.5, 0.6) is 0 Å². The van der Waals surface area contributed by atoms with Crippen LogP contribution in [-0.2, 0) is 22.6 Å². The van der Waals surface area contributed by atoms with E-state index in [1.165, 1.54) is 13.2 Å². The predicted octanol–water partition coefficient (Wildman–Crippen LogP) is 2.40. The maximum atomic E-state index is 13.7. The molecule has 0 spiro atoms. The van der Waals surface area contributed by atoms with Crippen molar-refractivity contribution in [3.63, 3.8) is 0 Å². The molecule has 1 aliphatic heterocycles. The fourth-order valence-corrected chi connectivity index (χ4v) is 3.59. The SMILES string of the molecule is C=C(OC)[C@H]1C(=O)Nc2c(C)nc(NCc3cnn(Cc4cnc(C)c(F)c4)c3)nc2N1C. The molecule has 4 rings (SSSR count). The third kappa shape index (κ3) is 4.47. The van der Waals surface area contributed by atoms with Crippen LogP contribution < -0.4 is 15.5 Å². The lowest BCUT2D eigenvalue weighted by Gasteiger charge is -2.34. The molecule has 1 atom stereocenters. The van der Waals surface area contributed by atoms with Gasteiger partial charge in [-0.1, -0.05) is 6.58 Å². The second-order valence-electron chi connectivity index (χ2n) is 7.81. The van der Waals surface area contributed by atoms with Gasteiger partial charge in [-0.3, -0.25) is 14.5 Å². The highest BCUT2D eigenvalue weighted by Crippen LogP contribution is 2.34. The van der Waals surface area contributed by atoms with Crippen LogP contribution in [0.2, 0.25) is 0 Å². The number of carbonyl (C=O) groups is 1. The summed E-state index contributed by atoms with van der Waals surface area (Å²) in [5.74, 6) is 0.716. The molecule has 10 nitrogen and oxygen atoms in total. The van der Waals surface area contributed by atoms with Gasteiger partial charge >= 0.3 is 0 Å². The standard InChI is InChI=1S/C22H25FN8O2/c1-12-17(23)6-15(7-24-12)10-31-11-16(9-26-31)8-25-22-27-13(2)18-20(29-22)30(4)19(14(3)33-5)21(32)28-18/h6-7,9,11,19H,3,8,10H2,1-2,4-5H3,(H,28,32)(H,25,27,29)/t19-/m0/s1. The van der Waals surface area contributed by atoms with E-state index in [1.54, 1.807) is 42.9 Å². The van der Waals surface area contributed by atoms with Gasteiger partial charge in [0.25, 0.3) is 5.91 Å². The highest BCUT2D eigenvalue weighted by Gasteiger charge is 2.36. The first kappa shape index (κ1) is 22.2. The number of aryl methyl sites for hydroxylation is 2. The quantitative estimate of drug-likeness (QED) is 0.526. The molecule has 0 saturated carbocycles. The minimum Gasteiger partial charge on any atom is -0.499 e. The van der Waals surface area contributed by atoms with E-state index in [0.29, 0.717) is 47.7 Å². The maximum Gasteiger partial charge on any atom is 0.255 e. The monoisotopic (exact) mass is 452 g/mol. The Morgan fingerprint density at radius 2 is 2.06 bits per heavy atom. The first-order valence-corrected chi connectivity index (χ1v) is 10.3.